The molecule has 3 rings (SSSR count). The van der Waals surface area contributed by atoms with Gasteiger partial charge in [0, 0.05) is 24.2 Å². The maximum atomic E-state index is 12.1. The minimum atomic E-state index is -0.295. The van der Waals surface area contributed by atoms with Gasteiger partial charge in [0.05, 0.1) is 0 Å². The van der Waals surface area contributed by atoms with Crippen LogP contribution in [0.15, 0.2) is 52.9 Å². The smallest absolute Gasteiger partial charge is 0.293 e. The van der Waals surface area contributed by atoms with Gasteiger partial charge < -0.3 is 15.1 Å². The van der Waals surface area contributed by atoms with Crippen LogP contribution in [-0.4, -0.2) is 23.3 Å². The molecule has 6 nitrogen and oxygen atoms in total. The molecule has 2 N–H and O–H groups in total. The number of fused-ring (bicyclic) bond motifs is 1. The van der Waals surface area contributed by atoms with Gasteiger partial charge in [0.2, 0.25) is 5.91 Å². The molecule has 0 saturated carbocycles. The van der Waals surface area contributed by atoms with Gasteiger partial charge >= 0.3 is 0 Å². The largest absolute Gasteiger partial charge is 0.428 e. The zero-order valence-corrected chi connectivity index (χ0v) is 13.3. The van der Waals surface area contributed by atoms with Gasteiger partial charge in [-0.25, -0.2) is 0 Å². The topological polar surface area (TPSA) is 84.2 Å². The van der Waals surface area contributed by atoms with E-state index in [1.807, 2.05) is 18.2 Å². The molecule has 7 heteroatoms. The first-order chi connectivity index (χ1) is 11.6. The summed E-state index contributed by atoms with van der Waals surface area (Å²) in [6, 6.07) is 14.0. The zero-order valence-electron chi connectivity index (χ0n) is 12.6. The third kappa shape index (κ3) is 3.91. The van der Waals surface area contributed by atoms with E-state index in [0.717, 1.165) is 5.69 Å². The summed E-state index contributed by atoms with van der Waals surface area (Å²) in [6.07, 6.45) is 0.178. The summed E-state index contributed by atoms with van der Waals surface area (Å²) in [5.74, 6) is -0.462. The number of amides is 2. The molecule has 122 valence electrons. The second kappa shape index (κ2) is 7.14. The normalized spacial score (nSPS) is 10.5. The first kappa shape index (κ1) is 16.0. The maximum Gasteiger partial charge on any atom is 0.293 e. The molecule has 0 spiro atoms. The number of nitrogens with one attached hydrogen (secondary N) is 2. The van der Waals surface area contributed by atoms with Crippen molar-refractivity contribution >= 4 is 40.2 Å². The second-order valence-corrected chi connectivity index (χ2v) is 5.39. The molecular weight excluding hydrogens is 330 g/mol. The molecule has 0 atom stereocenters. The number of carbonyl (C=O) groups excluding carboxylic acids is 2. The van der Waals surface area contributed by atoms with Gasteiger partial charge in [0.1, 0.15) is 5.52 Å². The van der Waals surface area contributed by atoms with E-state index in [9.17, 15) is 9.59 Å². The summed E-state index contributed by atoms with van der Waals surface area (Å²) >= 11 is 5.68. The molecule has 2 aromatic carbocycles. The molecule has 0 aliphatic heterocycles. The Morgan fingerprint density at radius 3 is 2.71 bits per heavy atom. The number of oxazole rings is 1. The summed E-state index contributed by atoms with van der Waals surface area (Å²) in [6.45, 7) is 0.229. The average molecular weight is 344 g/mol. The molecule has 0 fully saturated rings. The van der Waals surface area contributed by atoms with Crippen molar-refractivity contribution in [3.8, 4) is 0 Å². The highest BCUT2D eigenvalue weighted by molar-refractivity contribution is 6.28. The lowest BCUT2D eigenvalue weighted by Crippen LogP contribution is -2.27. The molecule has 1 heterocycles. The Labute approximate surface area is 142 Å². The van der Waals surface area contributed by atoms with E-state index in [2.05, 4.69) is 15.6 Å². The van der Waals surface area contributed by atoms with Crippen molar-refractivity contribution in [1.82, 2.24) is 10.3 Å². The van der Waals surface area contributed by atoms with Crippen LogP contribution in [0.25, 0.3) is 11.1 Å². The van der Waals surface area contributed by atoms with Gasteiger partial charge in [-0.05, 0) is 41.9 Å². The summed E-state index contributed by atoms with van der Waals surface area (Å²) in [5.41, 5.74) is 2.16. The van der Waals surface area contributed by atoms with E-state index in [0.29, 0.717) is 16.7 Å². The van der Waals surface area contributed by atoms with Crippen LogP contribution in [0.4, 0.5) is 5.69 Å². The van der Waals surface area contributed by atoms with Crippen LogP contribution in [0, 0.1) is 0 Å². The van der Waals surface area contributed by atoms with Gasteiger partial charge in [-0.2, -0.15) is 4.98 Å². The van der Waals surface area contributed by atoms with Crippen LogP contribution in [0.1, 0.15) is 16.8 Å². The number of hydrogen-bond acceptors (Lipinski definition) is 4. The van der Waals surface area contributed by atoms with E-state index < -0.39 is 0 Å². The Kier molecular flexibility index (Phi) is 4.77. The minimum absolute atomic E-state index is 0.0279. The summed E-state index contributed by atoms with van der Waals surface area (Å²) in [5, 5.41) is 5.47. The lowest BCUT2D eigenvalue weighted by molar-refractivity contribution is -0.116. The Morgan fingerprint density at radius 2 is 1.92 bits per heavy atom. The first-order valence-corrected chi connectivity index (χ1v) is 7.69. The predicted octanol–water partition coefficient (Wildman–Crippen LogP) is 3.24. The monoisotopic (exact) mass is 343 g/mol. The van der Waals surface area contributed by atoms with Gasteiger partial charge in [0.15, 0.2) is 5.58 Å². The zero-order chi connectivity index (χ0) is 16.9. The van der Waals surface area contributed by atoms with Crippen molar-refractivity contribution in [1.29, 1.82) is 0 Å². The van der Waals surface area contributed by atoms with E-state index in [1.54, 1.807) is 30.3 Å². The molecule has 1 aromatic heterocycles. The molecule has 24 heavy (non-hydrogen) atoms. The predicted molar refractivity (Wildman–Crippen MR) is 91.0 cm³/mol. The molecule has 3 aromatic rings. The van der Waals surface area contributed by atoms with Crippen LogP contribution in [0.3, 0.4) is 0 Å². The van der Waals surface area contributed by atoms with E-state index in [1.165, 1.54) is 0 Å². The van der Waals surface area contributed by atoms with Crippen molar-refractivity contribution in [2.75, 3.05) is 11.9 Å². The number of rotatable bonds is 5. The third-order valence-corrected chi connectivity index (χ3v) is 3.48. The molecule has 0 aliphatic rings. The van der Waals surface area contributed by atoms with Crippen LogP contribution < -0.4 is 10.6 Å². The van der Waals surface area contributed by atoms with Crippen LogP contribution in [0.5, 0.6) is 0 Å². The van der Waals surface area contributed by atoms with Crippen molar-refractivity contribution < 1.29 is 14.0 Å². The SMILES string of the molecule is O=C(CCNC(=O)c1ccc2nc(Cl)oc2c1)Nc1ccccc1. The van der Waals surface area contributed by atoms with Gasteiger partial charge in [-0.1, -0.05) is 18.2 Å². The number of aromatic nitrogens is 1. The molecular formula is C17H14ClN3O3. The fourth-order valence-corrected chi connectivity index (χ4v) is 2.35. The van der Waals surface area contributed by atoms with E-state index >= 15 is 0 Å². The highest BCUT2D eigenvalue weighted by Crippen LogP contribution is 2.20. The number of hydrogen-bond donors (Lipinski definition) is 2. The van der Waals surface area contributed by atoms with E-state index in [-0.39, 0.29) is 30.1 Å². The van der Waals surface area contributed by atoms with Gasteiger partial charge in [0.25, 0.3) is 11.3 Å². The lowest BCUT2D eigenvalue weighted by atomic mass is 10.2. The second-order valence-electron chi connectivity index (χ2n) is 5.07. The Hall–Kier alpha value is -2.86. The standard InChI is InChI=1S/C17H14ClN3O3/c18-17-21-13-7-6-11(10-14(13)24-17)16(23)19-9-8-15(22)20-12-4-2-1-3-5-12/h1-7,10H,8-9H2,(H,19,23)(H,20,22). The Morgan fingerprint density at radius 1 is 1.12 bits per heavy atom. The van der Waals surface area contributed by atoms with Gasteiger partial charge in [-0.3, -0.25) is 9.59 Å². The van der Waals surface area contributed by atoms with Crippen LogP contribution in [0.2, 0.25) is 5.35 Å². The quantitative estimate of drug-likeness (QED) is 0.744. The number of nitrogens with zero attached hydrogens (tertiary/aromatic N) is 1. The molecule has 0 aliphatic carbocycles. The number of benzene rings is 2. The minimum Gasteiger partial charge on any atom is -0.428 e. The Bertz CT molecular complexity index is 877. The van der Waals surface area contributed by atoms with Crippen LogP contribution >= 0.6 is 11.6 Å². The number of anilines is 1. The van der Waals surface area contributed by atoms with Crippen molar-refractivity contribution in [3.05, 3.63) is 59.4 Å². The van der Waals surface area contributed by atoms with Crippen molar-refractivity contribution in [2.45, 2.75) is 6.42 Å². The summed E-state index contributed by atoms with van der Waals surface area (Å²) in [4.78, 5) is 27.9. The number of para-hydroxylation sites is 1. The van der Waals surface area contributed by atoms with Gasteiger partial charge in [-0.15, -0.1) is 0 Å². The first-order valence-electron chi connectivity index (χ1n) is 7.31. The molecule has 0 radical (unpaired) electrons. The Balaban J connectivity index is 1.52. The summed E-state index contributed by atoms with van der Waals surface area (Å²) < 4.78 is 5.18. The third-order valence-electron chi connectivity index (χ3n) is 3.32. The maximum absolute atomic E-state index is 12.1. The highest BCUT2D eigenvalue weighted by atomic mass is 35.5. The molecule has 2 amide bonds. The fraction of sp³-hybridized carbons (Fsp3) is 0.118. The highest BCUT2D eigenvalue weighted by Gasteiger charge is 2.10. The fourth-order valence-electron chi connectivity index (χ4n) is 2.17. The average Bonchev–Trinajstić information content (AvgIpc) is 2.94. The summed E-state index contributed by atoms with van der Waals surface area (Å²) in [7, 11) is 0. The lowest BCUT2D eigenvalue weighted by Gasteiger charge is -2.06. The molecule has 0 unspecified atom stereocenters. The molecule has 0 saturated heterocycles. The van der Waals surface area contributed by atoms with Crippen molar-refractivity contribution in [2.24, 2.45) is 0 Å². The van der Waals surface area contributed by atoms with E-state index in [4.69, 9.17) is 16.0 Å². The van der Waals surface area contributed by atoms with Crippen molar-refractivity contribution in [3.63, 3.8) is 0 Å². The number of halogens is 1. The van der Waals surface area contributed by atoms with Crippen LogP contribution in [-0.2, 0) is 4.79 Å². The molecule has 0 bridgehead atoms. The number of carbonyl (C=O) groups is 2.